The molecule has 3 atom stereocenters. The quantitative estimate of drug-likeness (QED) is 0.158. The van der Waals surface area contributed by atoms with Crippen molar-refractivity contribution < 1.29 is 14.3 Å². The molecule has 0 aromatic heterocycles. The van der Waals surface area contributed by atoms with Gasteiger partial charge in [-0.2, -0.15) is 0 Å². The molecule has 0 bridgehead atoms. The normalized spacial score (nSPS) is 22.7. The molecule has 0 amide bonds. The third kappa shape index (κ3) is 8.73. The van der Waals surface area contributed by atoms with Crippen LogP contribution in [0.4, 0.5) is 5.69 Å². The Kier molecular flexibility index (Phi) is 12.0. The van der Waals surface area contributed by atoms with E-state index in [1.165, 1.54) is 29.8 Å². The average Bonchev–Trinajstić information content (AvgIpc) is 3.50. The van der Waals surface area contributed by atoms with Crippen LogP contribution in [0.15, 0.2) is 216 Å². The highest BCUT2D eigenvalue weighted by Crippen LogP contribution is 2.43. The Morgan fingerprint density at radius 1 is 0.730 bits per heavy atom. The number of anilines is 1. The molecule has 0 N–H and O–H groups in total. The standard InChI is InChI=1S/C59H55NO3/c61-59(63-41-42-16-4-1-5-17-42)55-25-8-3-15-39-62-57-38-32-48-40-47(31-37-54(48)58(55)57)43-27-33-49(34-28-43)60(56-26-14-13-24-53(56)45-18-6-2-7-19-45)50-35-29-46(30-36-50)52-23-12-10-21-44-20-9-11-22-51(44)52/h1,3-6,8-9,13-20,23,25-29,31-38,40,46,53,55H,2,7,10-12,21-22,24,30,39,41H2/b15-3-,25-8-. The molecule has 314 valence electrons. The first-order valence-corrected chi connectivity index (χ1v) is 23.0. The van der Waals surface area contributed by atoms with Gasteiger partial charge in [0.15, 0.2) is 0 Å². The zero-order valence-corrected chi connectivity index (χ0v) is 36.0. The van der Waals surface area contributed by atoms with E-state index in [9.17, 15) is 4.79 Å². The summed E-state index contributed by atoms with van der Waals surface area (Å²) in [5, 5.41) is 2.02. The minimum atomic E-state index is -0.625. The average molecular weight is 826 g/mol. The number of nitrogens with zero attached hydrogens (tertiary/aromatic N) is 1. The SMILES string of the molecule is O=C(OCc1ccccc1)C1/C=C\C=C/COc2ccc3cc(-c4ccc(N(C5=CCC(C6=CCCCC7=C6CCC=C7)C=C5)C5=CC=CCC5C5=CCCC=C5)cc4)ccc3c21. The van der Waals surface area contributed by atoms with E-state index >= 15 is 0 Å². The van der Waals surface area contributed by atoms with Crippen LogP contribution in [0.3, 0.4) is 0 Å². The van der Waals surface area contributed by atoms with Crippen molar-refractivity contribution >= 4 is 22.4 Å². The fraction of sp³-hybridized carbons (Fsp3) is 0.237. The number of allylic oxidation sites excluding steroid dienone is 18. The number of carbonyl (C=O) groups excluding carboxylic acids is 1. The molecule has 3 unspecified atom stereocenters. The second kappa shape index (κ2) is 18.8. The summed E-state index contributed by atoms with van der Waals surface area (Å²) in [6.07, 6.45) is 46.5. The molecule has 63 heavy (non-hydrogen) atoms. The summed E-state index contributed by atoms with van der Waals surface area (Å²) in [7, 11) is 0. The Hall–Kier alpha value is -6.65. The van der Waals surface area contributed by atoms with E-state index < -0.39 is 5.92 Å². The Morgan fingerprint density at radius 2 is 1.62 bits per heavy atom. The van der Waals surface area contributed by atoms with Gasteiger partial charge in [0, 0.05) is 34.5 Å². The van der Waals surface area contributed by atoms with Gasteiger partial charge >= 0.3 is 5.97 Å². The zero-order chi connectivity index (χ0) is 42.4. The van der Waals surface area contributed by atoms with Crippen molar-refractivity contribution in [3.05, 3.63) is 227 Å². The molecule has 4 aromatic rings. The van der Waals surface area contributed by atoms with Gasteiger partial charge in [0.1, 0.15) is 24.9 Å². The molecule has 6 aliphatic rings. The lowest BCUT2D eigenvalue weighted by Crippen LogP contribution is -2.29. The van der Waals surface area contributed by atoms with E-state index in [4.69, 9.17) is 9.47 Å². The molecule has 5 aliphatic carbocycles. The third-order valence-electron chi connectivity index (χ3n) is 13.3. The van der Waals surface area contributed by atoms with Gasteiger partial charge in [0.25, 0.3) is 0 Å². The highest BCUT2D eigenvalue weighted by molar-refractivity contribution is 5.96. The van der Waals surface area contributed by atoms with Crippen molar-refractivity contribution in [1.29, 1.82) is 0 Å². The lowest BCUT2D eigenvalue weighted by molar-refractivity contribution is -0.145. The maximum Gasteiger partial charge on any atom is 0.317 e. The van der Waals surface area contributed by atoms with Crippen molar-refractivity contribution in [2.45, 2.75) is 70.3 Å². The highest BCUT2D eigenvalue weighted by atomic mass is 16.5. The van der Waals surface area contributed by atoms with Crippen LogP contribution < -0.4 is 9.64 Å². The van der Waals surface area contributed by atoms with Crippen LogP contribution in [0.2, 0.25) is 0 Å². The fourth-order valence-corrected chi connectivity index (χ4v) is 10.1. The molecule has 1 aliphatic heterocycles. The van der Waals surface area contributed by atoms with Crippen molar-refractivity contribution in [2.24, 2.45) is 11.8 Å². The van der Waals surface area contributed by atoms with E-state index in [2.05, 4.69) is 126 Å². The van der Waals surface area contributed by atoms with Gasteiger partial charge in [-0.3, -0.25) is 4.79 Å². The molecular weight excluding hydrogens is 771 g/mol. The molecule has 4 heteroatoms. The predicted molar refractivity (Wildman–Crippen MR) is 259 cm³/mol. The maximum absolute atomic E-state index is 13.8. The van der Waals surface area contributed by atoms with Crippen molar-refractivity contribution in [3.63, 3.8) is 0 Å². The Balaban J connectivity index is 0.966. The number of hydrogen-bond acceptors (Lipinski definition) is 4. The molecule has 0 fully saturated rings. The van der Waals surface area contributed by atoms with E-state index in [1.807, 2.05) is 60.7 Å². The Bertz CT molecular complexity index is 2730. The van der Waals surface area contributed by atoms with E-state index in [0.29, 0.717) is 18.3 Å². The van der Waals surface area contributed by atoms with Gasteiger partial charge in [0.05, 0.1) is 0 Å². The molecule has 0 spiro atoms. The molecule has 0 saturated heterocycles. The predicted octanol–water partition coefficient (Wildman–Crippen LogP) is 14.6. The van der Waals surface area contributed by atoms with Gasteiger partial charge in [-0.15, -0.1) is 0 Å². The minimum absolute atomic E-state index is 0.214. The highest BCUT2D eigenvalue weighted by Gasteiger charge is 2.30. The third-order valence-corrected chi connectivity index (χ3v) is 13.3. The van der Waals surface area contributed by atoms with Crippen molar-refractivity contribution in [1.82, 2.24) is 0 Å². The summed E-state index contributed by atoms with van der Waals surface area (Å²) in [6.45, 7) is 0.631. The van der Waals surface area contributed by atoms with Gasteiger partial charge in [-0.25, -0.2) is 0 Å². The second-order valence-corrected chi connectivity index (χ2v) is 17.3. The topological polar surface area (TPSA) is 38.8 Å². The van der Waals surface area contributed by atoms with Crippen LogP contribution >= 0.6 is 0 Å². The number of ether oxygens (including phenoxy) is 2. The number of fused-ring (bicyclic) bond motifs is 3. The summed E-state index contributed by atoms with van der Waals surface area (Å²) in [4.78, 5) is 16.4. The van der Waals surface area contributed by atoms with E-state index in [0.717, 1.165) is 83.7 Å². The van der Waals surface area contributed by atoms with Crippen molar-refractivity contribution in [3.8, 4) is 16.9 Å². The van der Waals surface area contributed by atoms with Gasteiger partial charge in [0.2, 0.25) is 0 Å². The van der Waals surface area contributed by atoms with Gasteiger partial charge < -0.3 is 14.4 Å². The lowest BCUT2D eigenvalue weighted by atomic mass is 9.81. The summed E-state index contributed by atoms with van der Waals surface area (Å²) >= 11 is 0. The second-order valence-electron chi connectivity index (χ2n) is 17.3. The maximum atomic E-state index is 13.8. The molecule has 0 saturated carbocycles. The number of esters is 1. The molecule has 10 rings (SSSR count). The zero-order valence-electron chi connectivity index (χ0n) is 36.0. The summed E-state index contributed by atoms with van der Waals surface area (Å²) < 4.78 is 12.2. The number of hydrogen-bond donors (Lipinski definition) is 0. The smallest absolute Gasteiger partial charge is 0.317 e. The largest absolute Gasteiger partial charge is 0.489 e. The summed E-state index contributed by atoms with van der Waals surface area (Å²) in [6, 6.07) is 29.5. The number of benzene rings is 4. The molecule has 0 radical (unpaired) electrons. The first-order valence-electron chi connectivity index (χ1n) is 23.0. The Morgan fingerprint density at radius 3 is 2.48 bits per heavy atom. The van der Waals surface area contributed by atoms with E-state index in [1.54, 1.807) is 16.7 Å². The first-order chi connectivity index (χ1) is 31.2. The Labute approximate surface area is 372 Å². The molecule has 4 nitrogen and oxygen atoms in total. The molecule has 4 aromatic carbocycles. The number of carbonyl (C=O) groups is 1. The molecular formula is C59H55NO3. The lowest BCUT2D eigenvalue weighted by Gasteiger charge is -2.37. The summed E-state index contributed by atoms with van der Waals surface area (Å²) in [5.41, 5.74) is 13.9. The van der Waals surface area contributed by atoms with Gasteiger partial charge in [-0.1, -0.05) is 140 Å². The minimum Gasteiger partial charge on any atom is -0.489 e. The fourth-order valence-electron chi connectivity index (χ4n) is 10.1. The van der Waals surface area contributed by atoms with Crippen LogP contribution in [-0.4, -0.2) is 12.6 Å². The van der Waals surface area contributed by atoms with Crippen LogP contribution in [0.5, 0.6) is 5.75 Å². The van der Waals surface area contributed by atoms with Crippen LogP contribution in [0.25, 0.3) is 21.9 Å². The van der Waals surface area contributed by atoms with E-state index in [-0.39, 0.29) is 18.5 Å². The first kappa shape index (κ1) is 40.4. The summed E-state index contributed by atoms with van der Waals surface area (Å²) in [5.74, 6) is 0.446. The molecule has 1 heterocycles. The monoisotopic (exact) mass is 825 g/mol. The van der Waals surface area contributed by atoms with Crippen LogP contribution in [0.1, 0.15) is 74.8 Å². The van der Waals surface area contributed by atoms with Gasteiger partial charge in [-0.05, 0) is 150 Å². The number of rotatable bonds is 9. The van der Waals surface area contributed by atoms with Crippen LogP contribution in [-0.2, 0) is 16.1 Å². The van der Waals surface area contributed by atoms with Crippen LogP contribution in [0, 0.1) is 11.8 Å². The van der Waals surface area contributed by atoms with Crippen molar-refractivity contribution in [2.75, 3.05) is 11.5 Å².